The van der Waals surface area contributed by atoms with Crippen LogP contribution in [0, 0.1) is 0 Å². The van der Waals surface area contributed by atoms with Crippen molar-refractivity contribution in [2.45, 2.75) is 56.3 Å². The van der Waals surface area contributed by atoms with Crippen LogP contribution in [0.4, 0.5) is 5.69 Å². The molecule has 1 heterocycles. The van der Waals surface area contributed by atoms with Gasteiger partial charge in [0.25, 0.3) is 20.2 Å². The smallest absolute Gasteiger partial charge is 0.294 e. The first-order chi connectivity index (χ1) is 14.8. The average Bonchev–Trinajstić information content (AvgIpc) is 2.88. The van der Waals surface area contributed by atoms with Crippen molar-refractivity contribution in [3.63, 3.8) is 0 Å². The van der Waals surface area contributed by atoms with E-state index in [-0.39, 0.29) is 17.1 Å². The maximum atomic E-state index is 11.7. The number of fused-ring (bicyclic) bond motifs is 1. The van der Waals surface area contributed by atoms with E-state index in [0.717, 1.165) is 41.8 Å². The lowest BCUT2D eigenvalue weighted by atomic mass is 9.83. The molecule has 0 bridgehead atoms. The quantitative estimate of drug-likeness (QED) is 0.454. The van der Waals surface area contributed by atoms with Gasteiger partial charge >= 0.3 is 0 Å². The highest BCUT2D eigenvalue weighted by Crippen LogP contribution is 2.48. The van der Waals surface area contributed by atoms with E-state index in [2.05, 4.69) is 0 Å². The standard InChI is InChI=1S/C22H29NO6S2/c1-22(2)19-16-18(31(27,28)29)11-12-20(19)23(14-6-7-15-30(24,25)26)21(22)13-10-17-8-4-3-5-9-17/h4,8,10-13,16H,3,5-7,9,14-15H2,1-2H3,(H,24,25,26)(H,27,28,29)/b17-10-,21-13+/i4D. The van der Waals surface area contributed by atoms with Gasteiger partial charge in [-0.25, -0.2) is 0 Å². The zero-order valence-corrected chi connectivity index (χ0v) is 19.3. The van der Waals surface area contributed by atoms with Crippen LogP contribution in [0.2, 0.25) is 0 Å². The van der Waals surface area contributed by atoms with E-state index in [9.17, 15) is 21.4 Å². The molecule has 0 radical (unpaired) electrons. The first-order valence-corrected chi connectivity index (χ1v) is 13.3. The predicted octanol–water partition coefficient (Wildman–Crippen LogP) is 4.25. The minimum Gasteiger partial charge on any atom is -0.344 e. The molecule has 1 aromatic rings. The SMILES string of the molecule is [2H]C1=C/C(=C/C=C2/N(CCCCS(=O)(=O)O)c3ccc(S(=O)(=O)O)cc3C2(C)C)CCC1. The number of rotatable bonds is 7. The van der Waals surface area contributed by atoms with E-state index < -0.39 is 25.7 Å². The van der Waals surface area contributed by atoms with Crippen molar-refractivity contribution >= 4 is 25.9 Å². The van der Waals surface area contributed by atoms with Crippen molar-refractivity contribution in [1.82, 2.24) is 0 Å². The van der Waals surface area contributed by atoms with Gasteiger partial charge in [-0.3, -0.25) is 9.11 Å². The molecular weight excluding hydrogens is 438 g/mol. The van der Waals surface area contributed by atoms with E-state index in [0.29, 0.717) is 19.0 Å². The van der Waals surface area contributed by atoms with Crippen molar-refractivity contribution in [2.75, 3.05) is 17.2 Å². The van der Waals surface area contributed by atoms with Crippen LogP contribution < -0.4 is 4.90 Å². The molecule has 31 heavy (non-hydrogen) atoms. The Balaban J connectivity index is 2.00. The summed E-state index contributed by atoms with van der Waals surface area (Å²) < 4.78 is 71.9. The number of nitrogens with zero attached hydrogens (tertiary/aromatic N) is 1. The van der Waals surface area contributed by atoms with Crippen LogP contribution in [0.15, 0.2) is 58.6 Å². The summed E-state index contributed by atoms with van der Waals surface area (Å²) in [7, 11) is -8.39. The first kappa shape index (κ1) is 22.3. The fourth-order valence-electron chi connectivity index (χ4n) is 4.10. The summed E-state index contributed by atoms with van der Waals surface area (Å²) in [4.78, 5) is 1.85. The van der Waals surface area contributed by atoms with Gasteiger partial charge in [-0.1, -0.05) is 32.1 Å². The third-order valence-corrected chi connectivity index (χ3v) is 7.38. The van der Waals surface area contributed by atoms with Gasteiger partial charge in [-0.05, 0) is 67.5 Å². The summed E-state index contributed by atoms with van der Waals surface area (Å²) in [6.07, 6.45) is 9.16. The fourth-order valence-corrected chi connectivity index (χ4v) is 5.17. The molecule has 170 valence electrons. The highest BCUT2D eigenvalue weighted by molar-refractivity contribution is 7.86. The second kappa shape index (κ2) is 8.90. The number of allylic oxidation sites excluding steroid dienone is 6. The molecule has 0 unspecified atom stereocenters. The number of benzene rings is 1. The number of anilines is 1. The molecule has 2 N–H and O–H groups in total. The van der Waals surface area contributed by atoms with Gasteiger partial charge in [0.05, 0.1) is 12.0 Å². The second-order valence-electron chi connectivity index (χ2n) is 8.42. The van der Waals surface area contributed by atoms with Gasteiger partial charge < -0.3 is 4.90 Å². The number of hydrogen-bond acceptors (Lipinski definition) is 5. The molecule has 3 rings (SSSR count). The Morgan fingerprint density at radius 3 is 2.55 bits per heavy atom. The zero-order chi connectivity index (χ0) is 23.7. The van der Waals surface area contributed by atoms with Crippen LogP contribution in [0.25, 0.3) is 0 Å². The van der Waals surface area contributed by atoms with Crippen molar-refractivity contribution in [3.05, 3.63) is 59.3 Å². The molecule has 7 nitrogen and oxygen atoms in total. The maximum absolute atomic E-state index is 11.7. The molecular formula is C22H29NO6S2. The van der Waals surface area contributed by atoms with Crippen LogP contribution in [-0.2, 0) is 25.7 Å². The fraction of sp³-hybridized carbons (Fsp3) is 0.455. The first-order valence-electron chi connectivity index (χ1n) is 10.7. The van der Waals surface area contributed by atoms with Crippen molar-refractivity contribution in [1.29, 1.82) is 0 Å². The van der Waals surface area contributed by atoms with Crippen molar-refractivity contribution in [3.8, 4) is 0 Å². The molecule has 0 aromatic heterocycles. The summed E-state index contributed by atoms with van der Waals surface area (Å²) in [6.45, 7) is 4.41. The van der Waals surface area contributed by atoms with Gasteiger partial charge in [0, 0.05) is 23.3 Å². The molecule has 0 saturated carbocycles. The molecule has 9 heteroatoms. The lowest BCUT2D eigenvalue weighted by Gasteiger charge is -2.27. The zero-order valence-electron chi connectivity index (χ0n) is 18.7. The third-order valence-electron chi connectivity index (χ3n) is 5.72. The normalized spacial score (nSPS) is 21.9. The Hall–Kier alpha value is -1.94. The molecule has 0 spiro atoms. The molecule has 0 fully saturated rings. The number of unbranched alkanes of at least 4 members (excludes halogenated alkanes) is 1. The molecule has 1 aliphatic heterocycles. The Bertz CT molecular complexity index is 1200. The highest BCUT2D eigenvalue weighted by atomic mass is 32.2. The minimum atomic E-state index is -4.36. The third kappa shape index (κ3) is 5.65. The van der Waals surface area contributed by atoms with E-state index in [1.54, 1.807) is 6.07 Å². The Kier molecular flexibility index (Phi) is 6.39. The Labute approximate surface area is 186 Å². The minimum absolute atomic E-state index is 0.177. The molecule has 1 aromatic carbocycles. The molecule has 0 saturated heterocycles. The summed E-state index contributed by atoms with van der Waals surface area (Å²) in [5.74, 6) is -0.320. The van der Waals surface area contributed by atoms with Crippen LogP contribution in [0.3, 0.4) is 0 Å². The van der Waals surface area contributed by atoms with Crippen molar-refractivity contribution in [2.24, 2.45) is 0 Å². The molecule has 0 amide bonds. The van der Waals surface area contributed by atoms with Gasteiger partial charge in [-0.2, -0.15) is 16.8 Å². The summed E-state index contributed by atoms with van der Waals surface area (Å²) >= 11 is 0. The van der Waals surface area contributed by atoms with Gasteiger partial charge in [0.1, 0.15) is 0 Å². The average molecular weight is 469 g/mol. The second-order valence-corrected chi connectivity index (χ2v) is 11.4. The maximum Gasteiger partial charge on any atom is 0.294 e. The predicted molar refractivity (Wildman–Crippen MR) is 121 cm³/mol. The molecule has 2 aliphatic rings. The van der Waals surface area contributed by atoms with Gasteiger partial charge in [-0.15, -0.1) is 0 Å². The Morgan fingerprint density at radius 1 is 1.16 bits per heavy atom. The van der Waals surface area contributed by atoms with Crippen LogP contribution >= 0.6 is 0 Å². The van der Waals surface area contributed by atoms with Crippen LogP contribution in [0.5, 0.6) is 0 Å². The lowest BCUT2D eigenvalue weighted by molar-refractivity contribution is 0.478. The van der Waals surface area contributed by atoms with E-state index in [1.165, 1.54) is 12.1 Å². The Morgan fingerprint density at radius 2 is 1.90 bits per heavy atom. The van der Waals surface area contributed by atoms with Crippen molar-refractivity contribution < 1.29 is 27.3 Å². The van der Waals surface area contributed by atoms with E-state index in [1.807, 2.05) is 37.0 Å². The summed E-state index contributed by atoms with van der Waals surface area (Å²) in [6, 6.07) is 5.08. The summed E-state index contributed by atoms with van der Waals surface area (Å²) in [5, 5.41) is 0. The van der Waals surface area contributed by atoms with Crippen LogP contribution in [0.1, 0.15) is 52.9 Å². The largest absolute Gasteiger partial charge is 0.344 e. The van der Waals surface area contributed by atoms with E-state index in [4.69, 9.17) is 5.92 Å². The van der Waals surface area contributed by atoms with Crippen LogP contribution in [-0.4, -0.2) is 38.2 Å². The topological polar surface area (TPSA) is 112 Å². The lowest BCUT2D eigenvalue weighted by Crippen LogP contribution is -2.27. The monoisotopic (exact) mass is 468 g/mol. The number of hydrogen-bond donors (Lipinski definition) is 2. The van der Waals surface area contributed by atoms with Gasteiger partial charge in [0.15, 0.2) is 0 Å². The summed E-state index contributed by atoms with van der Waals surface area (Å²) in [5.41, 5.74) is 2.92. The van der Waals surface area contributed by atoms with E-state index >= 15 is 0 Å². The molecule has 0 atom stereocenters. The highest BCUT2D eigenvalue weighted by Gasteiger charge is 2.40. The molecule has 1 aliphatic carbocycles. The van der Waals surface area contributed by atoms with Gasteiger partial charge in [0.2, 0.25) is 0 Å².